The molecule has 0 aliphatic carbocycles. The highest BCUT2D eigenvalue weighted by atomic mass is 32.2. The first-order chi connectivity index (χ1) is 7.96. The molecule has 0 bridgehead atoms. The molecule has 0 saturated carbocycles. The maximum Gasteiger partial charge on any atom is 0.573 e. The second-order valence-electron chi connectivity index (χ2n) is 3.82. The van der Waals surface area contributed by atoms with E-state index in [1.165, 1.54) is 12.1 Å². The van der Waals surface area contributed by atoms with Crippen molar-refractivity contribution in [2.45, 2.75) is 23.9 Å². The Labute approximate surface area is 102 Å². The zero-order valence-electron chi connectivity index (χ0n) is 9.12. The van der Waals surface area contributed by atoms with Crippen LogP contribution in [0.2, 0.25) is 0 Å². The standard InChI is InChI=1S/C11H12F3NOS/c1-7-6-15-10(17-7)8-4-2-3-5-9(8)16-11(12,13)14/h2-5,7,10,15H,6H2,1H3. The first kappa shape index (κ1) is 12.6. The molecule has 1 aliphatic rings. The van der Waals surface area contributed by atoms with E-state index in [1.54, 1.807) is 23.9 Å². The summed E-state index contributed by atoms with van der Waals surface area (Å²) in [5.74, 6) is -0.126. The Hall–Kier alpha value is -0.880. The van der Waals surface area contributed by atoms with Crippen molar-refractivity contribution < 1.29 is 17.9 Å². The average molecular weight is 263 g/mol. The van der Waals surface area contributed by atoms with Crippen LogP contribution in [0.25, 0.3) is 0 Å². The van der Waals surface area contributed by atoms with Crippen LogP contribution in [0.4, 0.5) is 13.2 Å². The van der Waals surface area contributed by atoms with E-state index in [0.717, 1.165) is 6.54 Å². The number of ether oxygens (including phenoxy) is 1. The number of para-hydroxylation sites is 1. The highest BCUT2D eigenvalue weighted by molar-refractivity contribution is 8.00. The third-order valence-corrected chi connectivity index (χ3v) is 3.71. The molecule has 2 unspecified atom stereocenters. The van der Waals surface area contributed by atoms with Crippen LogP contribution >= 0.6 is 11.8 Å². The van der Waals surface area contributed by atoms with Gasteiger partial charge in [0, 0.05) is 17.4 Å². The fourth-order valence-corrected chi connectivity index (χ4v) is 2.89. The molecule has 0 aromatic heterocycles. The minimum absolute atomic E-state index is 0.126. The van der Waals surface area contributed by atoms with Crippen LogP contribution in [0, 0.1) is 0 Å². The van der Waals surface area contributed by atoms with Gasteiger partial charge in [-0.25, -0.2) is 0 Å². The lowest BCUT2D eigenvalue weighted by Gasteiger charge is -2.17. The summed E-state index contributed by atoms with van der Waals surface area (Å²) < 4.78 is 40.7. The quantitative estimate of drug-likeness (QED) is 0.884. The molecule has 1 aromatic rings. The van der Waals surface area contributed by atoms with E-state index in [2.05, 4.69) is 10.1 Å². The van der Waals surface area contributed by atoms with Gasteiger partial charge in [-0.15, -0.1) is 24.9 Å². The van der Waals surface area contributed by atoms with Gasteiger partial charge in [0.05, 0.1) is 5.37 Å². The molecular weight excluding hydrogens is 251 g/mol. The van der Waals surface area contributed by atoms with Crippen LogP contribution in [-0.4, -0.2) is 18.2 Å². The zero-order chi connectivity index (χ0) is 12.5. The summed E-state index contributed by atoms with van der Waals surface area (Å²) in [4.78, 5) is 0. The zero-order valence-corrected chi connectivity index (χ0v) is 9.94. The predicted molar refractivity (Wildman–Crippen MR) is 60.9 cm³/mol. The molecule has 1 N–H and O–H groups in total. The van der Waals surface area contributed by atoms with E-state index in [9.17, 15) is 13.2 Å². The van der Waals surface area contributed by atoms with Gasteiger partial charge in [0.15, 0.2) is 0 Å². The third kappa shape index (κ3) is 3.29. The minimum Gasteiger partial charge on any atom is -0.405 e. The molecule has 17 heavy (non-hydrogen) atoms. The summed E-state index contributed by atoms with van der Waals surface area (Å²) in [5.41, 5.74) is 0.541. The molecule has 0 amide bonds. The maximum absolute atomic E-state index is 12.2. The van der Waals surface area contributed by atoms with Gasteiger partial charge in [-0.3, -0.25) is 0 Å². The molecule has 2 atom stereocenters. The van der Waals surface area contributed by atoms with Crippen molar-refractivity contribution in [1.82, 2.24) is 5.32 Å². The number of halogens is 3. The normalized spacial score (nSPS) is 24.9. The van der Waals surface area contributed by atoms with Gasteiger partial charge in [0.2, 0.25) is 0 Å². The fourth-order valence-electron chi connectivity index (χ4n) is 1.70. The molecule has 1 heterocycles. The Bertz CT molecular complexity index is 397. The van der Waals surface area contributed by atoms with E-state index in [4.69, 9.17) is 0 Å². The maximum atomic E-state index is 12.2. The van der Waals surface area contributed by atoms with Gasteiger partial charge in [-0.05, 0) is 6.07 Å². The lowest BCUT2D eigenvalue weighted by atomic mass is 10.2. The summed E-state index contributed by atoms with van der Waals surface area (Å²) in [6.45, 7) is 2.82. The lowest BCUT2D eigenvalue weighted by Crippen LogP contribution is -2.20. The molecule has 6 heteroatoms. The van der Waals surface area contributed by atoms with E-state index < -0.39 is 6.36 Å². The van der Waals surface area contributed by atoms with Crippen molar-refractivity contribution in [3.05, 3.63) is 29.8 Å². The van der Waals surface area contributed by atoms with Crippen LogP contribution in [0.5, 0.6) is 5.75 Å². The second-order valence-corrected chi connectivity index (χ2v) is 5.37. The fraction of sp³-hybridized carbons (Fsp3) is 0.455. The van der Waals surface area contributed by atoms with Crippen molar-refractivity contribution in [2.75, 3.05) is 6.54 Å². The summed E-state index contributed by atoms with van der Waals surface area (Å²) in [6, 6.07) is 6.25. The summed E-state index contributed by atoms with van der Waals surface area (Å²) in [6.07, 6.45) is -4.65. The highest BCUT2D eigenvalue weighted by Crippen LogP contribution is 2.40. The molecule has 2 rings (SSSR count). The number of nitrogens with one attached hydrogen (secondary N) is 1. The number of hydrogen-bond acceptors (Lipinski definition) is 3. The van der Waals surface area contributed by atoms with Gasteiger partial charge in [-0.1, -0.05) is 25.1 Å². The first-order valence-corrected chi connectivity index (χ1v) is 6.13. The SMILES string of the molecule is CC1CNC(c2ccccc2OC(F)(F)F)S1. The second kappa shape index (κ2) is 4.78. The monoisotopic (exact) mass is 263 g/mol. The number of hydrogen-bond donors (Lipinski definition) is 1. The third-order valence-electron chi connectivity index (χ3n) is 2.39. The predicted octanol–water partition coefficient (Wildman–Crippen LogP) is 3.31. The van der Waals surface area contributed by atoms with Crippen molar-refractivity contribution in [3.8, 4) is 5.75 Å². The number of rotatable bonds is 2. The van der Waals surface area contributed by atoms with Gasteiger partial charge < -0.3 is 10.1 Å². The largest absolute Gasteiger partial charge is 0.573 e. The van der Waals surface area contributed by atoms with E-state index in [1.807, 2.05) is 6.92 Å². The van der Waals surface area contributed by atoms with Crippen LogP contribution in [-0.2, 0) is 0 Å². The molecular formula is C11H12F3NOS. The number of thioether (sulfide) groups is 1. The molecule has 1 aliphatic heterocycles. The molecule has 1 saturated heterocycles. The Morgan fingerprint density at radius 2 is 2.06 bits per heavy atom. The summed E-state index contributed by atoms with van der Waals surface area (Å²) >= 11 is 1.60. The van der Waals surface area contributed by atoms with Crippen molar-refractivity contribution in [3.63, 3.8) is 0 Å². The van der Waals surface area contributed by atoms with Gasteiger partial charge in [0.1, 0.15) is 5.75 Å². The van der Waals surface area contributed by atoms with Crippen LogP contribution in [0.15, 0.2) is 24.3 Å². The Morgan fingerprint density at radius 1 is 1.35 bits per heavy atom. The molecule has 2 nitrogen and oxygen atoms in total. The van der Waals surface area contributed by atoms with Gasteiger partial charge >= 0.3 is 6.36 Å². The van der Waals surface area contributed by atoms with E-state index in [0.29, 0.717) is 10.8 Å². The van der Waals surface area contributed by atoms with Crippen LogP contribution in [0.3, 0.4) is 0 Å². The van der Waals surface area contributed by atoms with Crippen molar-refractivity contribution in [1.29, 1.82) is 0 Å². The van der Waals surface area contributed by atoms with E-state index in [-0.39, 0.29) is 11.1 Å². The molecule has 94 valence electrons. The first-order valence-electron chi connectivity index (χ1n) is 5.19. The van der Waals surface area contributed by atoms with Crippen molar-refractivity contribution >= 4 is 11.8 Å². The van der Waals surface area contributed by atoms with E-state index >= 15 is 0 Å². The Balaban J connectivity index is 2.22. The van der Waals surface area contributed by atoms with Crippen LogP contribution in [0.1, 0.15) is 17.9 Å². The van der Waals surface area contributed by atoms with Crippen LogP contribution < -0.4 is 10.1 Å². The number of alkyl halides is 3. The molecule has 1 fully saturated rings. The van der Waals surface area contributed by atoms with Gasteiger partial charge in [-0.2, -0.15) is 0 Å². The molecule has 0 spiro atoms. The molecule has 0 radical (unpaired) electrons. The highest BCUT2D eigenvalue weighted by Gasteiger charge is 2.34. The Kier molecular flexibility index (Phi) is 3.53. The number of benzene rings is 1. The lowest BCUT2D eigenvalue weighted by molar-refractivity contribution is -0.274. The smallest absolute Gasteiger partial charge is 0.405 e. The van der Waals surface area contributed by atoms with Gasteiger partial charge in [0.25, 0.3) is 0 Å². The molecule has 1 aromatic carbocycles. The summed E-state index contributed by atoms with van der Waals surface area (Å²) in [7, 11) is 0. The minimum atomic E-state index is -4.65. The topological polar surface area (TPSA) is 21.3 Å². The Morgan fingerprint density at radius 3 is 2.65 bits per heavy atom. The summed E-state index contributed by atoms with van der Waals surface area (Å²) in [5, 5.41) is 3.42. The van der Waals surface area contributed by atoms with Crippen molar-refractivity contribution in [2.24, 2.45) is 0 Å². The average Bonchev–Trinajstić information content (AvgIpc) is 2.63.